The maximum Gasteiger partial charge on any atom is 0.264 e. The monoisotopic (exact) mass is 613 g/mol. The fourth-order valence-electron chi connectivity index (χ4n) is 7.29. The Bertz CT molecular complexity index is 1510. The lowest BCUT2D eigenvalue weighted by atomic mass is 9.69. The van der Waals surface area contributed by atoms with Crippen molar-refractivity contribution in [3.05, 3.63) is 58.1 Å². The van der Waals surface area contributed by atoms with Gasteiger partial charge in [-0.15, -0.1) is 0 Å². The van der Waals surface area contributed by atoms with E-state index >= 15 is 0 Å². The summed E-state index contributed by atoms with van der Waals surface area (Å²) >= 11 is 6.39. The molecule has 6 rings (SSSR count). The number of benzene rings is 2. The molecular formula is C32H40ClN3O5S. The quantitative estimate of drug-likeness (QED) is 0.459. The molecule has 1 spiro atoms. The first-order chi connectivity index (χ1) is 20.0. The number of anilines is 1. The fourth-order valence-corrected chi connectivity index (χ4v) is 8.76. The van der Waals surface area contributed by atoms with Crippen LogP contribution in [0.4, 0.5) is 5.69 Å². The number of carbonyl (C=O) groups is 2. The second-order valence-corrected chi connectivity index (χ2v) is 15.5. The number of ether oxygens (including phenoxy) is 1. The van der Waals surface area contributed by atoms with Crippen molar-refractivity contribution in [1.82, 2.24) is 9.62 Å². The summed E-state index contributed by atoms with van der Waals surface area (Å²) in [5.74, 6) is 0.245. The Morgan fingerprint density at radius 3 is 2.57 bits per heavy atom. The average molecular weight is 614 g/mol. The van der Waals surface area contributed by atoms with Crippen LogP contribution in [0.15, 0.2) is 36.4 Å². The Morgan fingerprint density at radius 2 is 1.81 bits per heavy atom. The van der Waals surface area contributed by atoms with Crippen molar-refractivity contribution in [2.75, 3.05) is 38.2 Å². The molecule has 10 heteroatoms. The van der Waals surface area contributed by atoms with Gasteiger partial charge in [0.25, 0.3) is 5.91 Å². The van der Waals surface area contributed by atoms with Gasteiger partial charge in [-0.2, -0.15) is 0 Å². The fraction of sp³-hybridized carbons (Fsp3) is 0.562. The zero-order valence-electron chi connectivity index (χ0n) is 24.6. The Morgan fingerprint density at radius 1 is 1.05 bits per heavy atom. The summed E-state index contributed by atoms with van der Waals surface area (Å²) in [5.41, 5.74) is 3.35. The normalized spacial score (nSPS) is 31.2. The van der Waals surface area contributed by atoms with Crippen molar-refractivity contribution in [1.29, 1.82) is 0 Å². The van der Waals surface area contributed by atoms with Crippen LogP contribution in [0.1, 0.15) is 67.4 Å². The number of nitrogens with one attached hydrogen (secondary N) is 1. The number of aryl methyl sites for hydroxylation is 1. The molecule has 2 amide bonds. The summed E-state index contributed by atoms with van der Waals surface area (Å²) in [6.07, 6.45) is 5.21. The summed E-state index contributed by atoms with van der Waals surface area (Å²) < 4.78 is 35.2. The SMILES string of the molecule is C[C@@H]1CC(=O)N(C)C[C@@H]2CC[C@H]2CN2C[C@@]3(CCCc4cc(Cl)ccc43)COc3ccc(cc32)C(=O)NS(=O)(=O)[C@@H]1C. The van der Waals surface area contributed by atoms with E-state index in [0.717, 1.165) is 49.4 Å². The molecule has 2 bridgehead atoms. The molecule has 42 heavy (non-hydrogen) atoms. The van der Waals surface area contributed by atoms with Crippen LogP contribution in [0.2, 0.25) is 5.02 Å². The van der Waals surface area contributed by atoms with Gasteiger partial charge < -0.3 is 14.5 Å². The maximum atomic E-state index is 13.3. The largest absolute Gasteiger partial charge is 0.490 e. The zero-order valence-corrected chi connectivity index (χ0v) is 26.1. The molecule has 8 nitrogen and oxygen atoms in total. The van der Waals surface area contributed by atoms with Crippen LogP contribution in [0.25, 0.3) is 0 Å². The molecule has 2 heterocycles. The first-order valence-electron chi connectivity index (χ1n) is 15.1. The van der Waals surface area contributed by atoms with Crippen molar-refractivity contribution in [3.8, 4) is 5.75 Å². The lowest BCUT2D eigenvalue weighted by Crippen LogP contribution is -2.50. The lowest BCUT2D eigenvalue weighted by Gasteiger charge is -2.45. The molecule has 4 aliphatic rings. The first kappa shape index (κ1) is 29.3. The van der Waals surface area contributed by atoms with E-state index in [4.69, 9.17) is 16.3 Å². The van der Waals surface area contributed by atoms with Gasteiger partial charge in [-0.25, -0.2) is 13.1 Å². The number of carbonyl (C=O) groups excluding carboxylic acids is 2. The minimum absolute atomic E-state index is 0.0688. The van der Waals surface area contributed by atoms with Gasteiger partial charge in [-0.1, -0.05) is 24.6 Å². The maximum absolute atomic E-state index is 13.3. The van der Waals surface area contributed by atoms with E-state index in [-0.39, 0.29) is 23.3 Å². The van der Waals surface area contributed by atoms with Crippen LogP contribution < -0.4 is 14.4 Å². The number of hydrogen-bond acceptors (Lipinski definition) is 6. The van der Waals surface area contributed by atoms with Crippen molar-refractivity contribution >= 4 is 39.1 Å². The molecular weight excluding hydrogens is 574 g/mol. The third-order valence-electron chi connectivity index (χ3n) is 10.3. The van der Waals surface area contributed by atoms with Crippen LogP contribution in [0, 0.1) is 17.8 Å². The van der Waals surface area contributed by atoms with Gasteiger partial charge in [-0.3, -0.25) is 9.59 Å². The van der Waals surface area contributed by atoms with Crippen LogP contribution in [-0.4, -0.2) is 63.7 Å². The molecule has 2 aliphatic carbocycles. The highest BCUT2D eigenvalue weighted by molar-refractivity contribution is 7.90. The molecule has 2 aliphatic heterocycles. The second kappa shape index (κ2) is 11.1. The molecule has 226 valence electrons. The Kier molecular flexibility index (Phi) is 7.71. The number of halogens is 1. The highest BCUT2D eigenvalue weighted by Crippen LogP contribution is 2.46. The van der Waals surface area contributed by atoms with E-state index in [1.165, 1.54) is 11.1 Å². The van der Waals surface area contributed by atoms with E-state index in [2.05, 4.69) is 21.8 Å². The van der Waals surface area contributed by atoms with Crippen molar-refractivity contribution < 1.29 is 22.7 Å². The zero-order chi connectivity index (χ0) is 29.8. The van der Waals surface area contributed by atoms with Gasteiger partial charge >= 0.3 is 0 Å². The van der Waals surface area contributed by atoms with Gasteiger partial charge in [-0.05, 0) is 98.2 Å². The Balaban J connectivity index is 1.42. The molecule has 2 aromatic rings. The first-order valence-corrected chi connectivity index (χ1v) is 17.0. The van der Waals surface area contributed by atoms with Gasteiger partial charge in [0.1, 0.15) is 5.75 Å². The summed E-state index contributed by atoms with van der Waals surface area (Å²) in [5, 5.41) is -0.178. The minimum atomic E-state index is -4.01. The molecule has 0 saturated heterocycles. The highest BCUT2D eigenvalue weighted by Gasteiger charge is 2.44. The molecule has 0 radical (unpaired) electrons. The topological polar surface area (TPSA) is 96.0 Å². The third kappa shape index (κ3) is 5.39. The van der Waals surface area contributed by atoms with E-state index in [1.807, 2.05) is 13.1 Å². The van der Waals surface area contributed by atoms with Crippen LogP contribution in [-0.2, 0) is 26.7 Å². The van der Waals surface area contributed by atoms with E-state index < -0.39 is 27.1 Å². The highest BCUT2D eigenvalue weighted by atomic mass is 35.5. The minimum Gasteiger partial charge on any atom is -0.490 e. The predicted molar refractivity (Wildman–Crippen MR) is 164 cm³/mol. The number of rotatable bonds is 0. The number of fused-ring (bicyclic) bond motifs is 4. The number of hydrogen-bond donors (Lipinski definition) is 1. The van der Waals surface area contributed by atoms with Crippen molar-refractivity contribution in [3.63, 3.8) is 0 Å². The third-order valence-corrected chi connectivity index (χ3v) is 12.4. The molecule has 1 fully saturated rings. The summed E-state index contributed by atoms with van der Waals surface area (Å²) in [7, 11) is -2.20. The van der Waals surface area contributed by atoms with E-state index in [0.29, 0.717) is 37.3 Å². The molecule has 1 saturated carbocycles. The predicted octanol–water partition coefficient (Wildman–Crippen LogP) is 4.79. The van der Waals surface area contributed by atoms with Crippen molar-refractivity contribution in [2.45, 2.75) is 63.0 Å². The number of sulfonamides is 1. The van der Waals surface area contributed by atoms with Gasteiger partial charge in [0.15, 0.2) is 0 Å². The van der Waals surface area contributed by atoms with Gasteiger partial charge in [0.2, 0.25) is 15.9 Å². The summed E-state index contributed by atoms with van der Waals surface area (Å²) in [6, 6.07) is 11.4. The summed E-state index contributed by atoms with van der Waals surface area (Å²) in [6.45, 7) is 5.94. The smallest absolute Gasteiger partial charge is 0.264 e. The molecule has 2 aromatic carbocycles. The standard InChI is InChI=1S/C32H40ClN3O5S/c1-20-13-30(37)35(3)16-24-6-7-25(24)17-36-18-32(12-4-5-22-14-26(33)9-10-27(22)32)19-41-29-11-8-23(15-28(29)36)31(38)34-42(39,40)21(20)2/h8-11,14-15,20-21,24-25H,4-7,12-13,16-19H2,1-3H3,(H,34,38)/t20-,21-,24+,25+,32+/m1/s1. The van der Waals surface area contributed by atoms with Gasteiger partial charge in [0.05, 0.1) is 17.5 Å². The summed E-state index contributed by atoms with van der Waals surface area (Å²) in [4.78, 5) is 30.6. The molecule has 1 N–H and O–H groups in total. The Labute approximate surface area is 253 Å². The van der Waals surface area contributed by atoms with E-state index in [1.54, 1.807) is 36.9 Å². The van der Waals surface area contributed by atoms with Crippen LogP contribution >= 0.6 is 11.6 Å². The lowest BCUT2D eigenvalue weighted by molar-refractivity contribution is -0.132. The van der Waals surface area contributed by atoms with Crippen molar-refractivity contribution in [2.24, 2.45) is 17.8 Å². The number of amides is 2. The molecule has 0 aromatic heterocycles. The van der Waals surface area contributed by atoms with Crippen LogP contribution in [0.3, 0.4) is 0 Å². The molecule has 0 unspecified atom stereocenters. The molecule has 5 atom stereocenters. The number of nitrogens with zero attached hydrogens (tertiary/aromatic N) is 2. The second-order valence-electron chi connectivity index (χ2n) is 13.0. The average Bonchev–Trinajstić information content (AvgIpc) is 3.09. The Hall–Kier alpha value is -2.78. The van der Waals surface area contributed by atoms with Gasteiger partial charge in [0, 0.05) is 49.1 Å². The van der Waals surface area contributed by atoms with E-state index in [9.17, 15) is 18.0 Å². The van der Waals surface area contributed by atoms with Crippen LogP contribution in [0.5, 0.6) is 5.75 Å².